The van der Waals surface area contributed by atoms with Gasteiger partial charge in [0.2, 0.25) is 5.91 Å². The predicted octanol–water partition coefficient (Wildman–Crippen LogP) is 1.83. The Bertz CT molecular complexity index is 414. The fourth-order valence-corrected chi connectivity index (χ4v) is 2.33. The first-order valence-corrected chi connectivity index (χ1v) is 5.81. The summed E-state index contributed by atoms with van der Waals surface area (Å²) in [6.07, 6.45) is 1.50. The van der Waals surface area contributed by atoms with Crippen molar-refractivity contribution in [1.29, 1.82) is 0 Å². The average Bonchev–Trinajstić information content (AvgIpc) is 2.63. The van der Waals surface area contributed by atoms with Crippen molar-refractivity contribution in [3.8, 4) is 0 Å². The summed E-state index contributed by atoms with van der Waals surface area (Å²) in [6.45, 7) is 4.52. The van der Waals surface area contributed by atoms with Crippen LogP contribution in [0.1, 0.15) is 31.4 Å². The molecule has 1 aromatic carbocycles. The molecule has 1 aliphatic heterocycles. The second-order valence-corrected chi connectivity index (χ2v) is 4.34. The van der Waals surface area contributed by atoms with E-state index in [1.165, 1.54) is 5.56 Å². The maximum Gasteiger partial charge on any atom is 0.226 e. The lowest BCUT2D eigenvalue weighted by Gasteiger charge is -2.22. The van der Waals surface area contributed by atoms with E-state index in [-0.39, 0.29) is 11.9 Å². The van der Waals surface area contributed by atoms with Crippen LogP contribution in [0.5, 0.6) is 0 Å². The highest BCUT2D eigenvalue weighted by Crippen LogP contribution is 2.33. The first kappa shape index (κ1) is 11.1. The molecule has 0 fully saturated rings. The Morgan fingerprint density at radius 2 is 2.31 bits per heavy atom. The normalized spacial score (nSPS) is 18.7. The van der Waals surface area contributed by atoms with Gasteiger partial charge in [-0.1, -0.05) is 19.1 Å². The van der Waals surface area contributed by atoms with Crippen LogP contribution in [0, 0.1) is 0 Å². The number of anilines is 1. The lowest BCUT2D eigenvalue weighted by atomic mass is 10.1. The summed E-state index contributed by atoms with van der Waals surface area (Å²) in [5.41, 5.74) is 9.03. The number of carbonyl (C=O) groups excluding carboxylic acids is 1. The molecule has 2 rings (SSSR count). The van der Waals surface area contributed by atoms with Crippen LogP contribution in [-0.4, -0.2) is 11.9 Å². The van der Waals surface area contributed by atoms with Crippen molar-refractivity contribution >= 4 is 11.6 Å². The van der Waals surface area contributed by atoms with Gasteiger partial charge in [0.05, 0.1) is 0 Å². The fourth-order valence-electron chi connectivity index (χ4n) is 2.33. The van der Waals surface area contributed by atoms with E-state index in [1.54, 1.807) is 0 Å². The van der Waals surface area contributed by atoms with Gasteiger partial charge in [-0.25, -0.2) is 0 Å². The van der Waals surface area contributed by atoms with Gasteiger partial charge >= 0.3 is 0 Å². The maximum atomic E-state index is 11.9. The van der Waals surface area contributed by atoms with Crippen LogP contribution in [0.15, 0.2) is 18.2 Å². The van der Waals surface area contributed by atoms with Crippen molar-refractivity contribution in [3.05, 3.63) is 29.3 Å². The van der Waals surface area contributed by atoms with Crippen LogP contribution < -0.4 is 10.6 Å². The SMILES string of the molecule is CCC(=O)N1c2cc(CN)ccc2CC1C. The Hall–Kier alpha value is -1.35. The lowest BCUT2D eigenvalue weighted by Crippen LogP contribution is -2.35. The van der Waals surface area contributed by atoms with E-state index in [1.807, 2.05) is 24.0 Å². The second-order valence-electron chi connectivity index (χ2n) is 4.34. The second kappa shape index (κ2) is 4.26. The summed E-state index contributed by atoms with van der Waals surface area (Å²) in [5.74, 6) is 0.195. The third-order valence-electron chi connectivity index (χ3n) is 3.17. The summed E-state index contributed by atoms with van der Waals surface area (Å²) in [6, 6.07) is 6.46. The molecule has 0 radical (unpaired) electrons. The highest BCUT2D eigenvalue weighted by atomic mass is 16.2. The van der Waals surface area contributed by atoms with Gasteiger partial charge in [-0.3, -0.25) is 4.79 Å². The molecule has 2 N–H and O–H groups in total. The van der Waals surface area contributed by atoms with E-state index in [0.29, 0.717) is 13.0 Å². The minimum Gasteiger partial charge on any atom is -0.326 e. The standard InChI is InChI=1S/C13H18N2O/c1-3-13(16)15-9(2)6-11-5-4-10(8-14)7-12(11)15/h4-5,7,9H,3,6,8,14H2,1-2H3. The number of benzene rings is 1. The zero-order chi connectivity index (χ0) is 11.7. The molecule has 0 saturated carbocycles. The Kier molecular flexibility index (Phi) is 2.97. The molecule has 1 unspecified atom stereocenters. The molecule has 1 aliphatic rings. The maximum absolute atomic E-state index is 11.9. The zero-order valence-corrected chi connectivity index (χ0v) is 9.86. The monoisotopic (exact) mass is 218 g/mol. The van der Waals surface area contributed by atoms with E-state index in [4.69, 9.17) is 5.73 Å². The van der Waals surface area contributed by atoms with E-state index in [9.17, 15) is 4.79 Å². The van der Waals surface area contributed by atoms with Crippen molar-refractivity contribution in [1.82, 2.24) is 0 Å². The Labute approximate surface area is 96.2 Å². The van der Waals surface area contributed by atoms with E-state index >= 15 is 0 Å². The number of carbonyl (C=O) groups is 1. The highest BCUT2D eigenvalue weighted by Gasteiger charge is 2.29. The number of nitrogens with zero attached hydrogens (tertiary/aromatic N) is 1. The Balaban J connectivity index is 2.41. The summed E-state index contributed by atoms with van der Waals surface area (Å²) >= 11 is 0. The minimum absolute atomic E-state index is 0.195. The number of hydrogen-bond donors (Lipinski definition) is 1. The Morgan fingerprint density at radius 1 is 1.56 bits per heavy atom. The van der Waals surface area contributed by atoms with Gasteiger partial charge in [-0.2, -0.15) is 0 Å². The first-order valence-electron chi connectivity index (χ1n) is 5.81. The van der Waals surface area contributed by atoms with Crippen molar-refractivity contribution in [2.45, 2.75) is 39.3 Å². The lowest BCUT2D eigenvalue weighted by molar-refractivity contribution is -0.118. The molecule has 3 nitrogen and oxygen atoms in total. The van der Waals surface area contributed by atoms with Crippen LogP contribution in [-0.2, 0) is 17.8 Å². The smallest absolute Gasteiger partial charge is 0.226 e. The van der Waals surface area contributed by atoms with Gasteiger partial charge < -0.3 is 10.6 Å². The van der Waals surface area contributed by atoms with Crippen molar-refractivity contribution in [2.24, 2.45) is 5.73 Å². The molecule has 1 aromatic rings. The summed E-state index contributed by atoms with van der Waals surface area (Å²) < 4.78 is 0. The molecule has 0 spiro atoms. The van der Waals surface area contributed by atoms with Gasteiger partial charge in [0.1, 0.15) is 0 Å². The summed E-state index contributed by atoms with van der Waals surface area (Å²) in [7, 11) is 0. The van der Waals surface area contributed by atoms with Gasteiger partial charge in [0, 0.05) is 24.7 Å². The highest BCUT2D eigenvalue weighted by molar-refractivity contribution is 5.96. The minimum atomic E-state index is 0.195. The topological polar surface area (TPSA) is 46.3 Å². The van der Waals surface area contributed by atoms with Gasteiger partial charge in [-0.15, -0.1) is 0 Å². The molecular weight excluding hydrogens is 200 g/mol. The van der Waals surface area contributed by atoms with Crippen LogP contribution in [0.3, 0.4) is 0 Å². The van der Waals surface area contributed by atoms with Gasteiger partial charge in [-0.05, 0) is 30.5 Å². The van der Waals surface area contributed by atoms with Crippen LogP contribution in [0.25, 0.3) is 0 Å². The third-order valence-corrected chi connectivity index (χ3v) is 3.17. The van der Waals surface area contributed by atoms with E-state index in [2.05, 4.69) is 13.0 Å². The molecule has 0 aliphatic carbocycles. The number of hydrogen-bond acceptors (Lipinski definition) is 2. The first-order chi connectivity index (χ1) is 7.67. The summed E-state index contributed by atoms with van der Waals surface area (Å²) in [5, 5.41) is 0. The number of nitrogens with two attached hydrogens (primary N) is 1. The number of amides is 1. The molecule has 1 atom stereocenters. The van der Waals surface area contributed by atoms with Crippen LogP contribution in [0.2, 0.25) is 0 Å². The molecule has 16 heavy (non-hydrogen) atoms. The van der Waals surface area contributed by atoms with Gasteiger partial charge in [0.25, 0.3) is 0 Å². The van der Waals surface area contributed by atoms with E-state index in [0.717, 1.165) is 17.7 Å². The zero-order valence-electron chi connectivity index (χ0n) is 9.86. The Morgan fingerprint density at radius 3 is 2.94 bits per heavy atom. The largest absolute Gasteiger partial charge is 0.326 e. The van der Waals surface area contributed by atoms with Crippen molar-refractivity contribution in [3.63, 3.8) is 0 Å². The molecule has 1 amide bonds. The quantitative estimate of drug-likeness (QED) is 0.823. The summed E-state index contributed by atoms with van der Waals surface area (Å²) in [4.78, 5) is 13.8. The van der Waals surface area contributed by atoms with Crippen molar-refractivity contribution in [2.75, 3.05) is 4.90 Å². The molecule has 0 bridgehead atoms. The van der Waals surface area contributed by atoms with Crippen molar-refractivity contribution < 1.29 is 4.79 Å². The number of fused-ring (bicyclic) bond motifs is 1. The van der Waals surface area contributed by atoms with Crippen LogP contribution >= 0.6 is 0 Å². The molecule has 86 valence electrons. The molecular formula is C13H18N2O. The average molecular weight is 218 g/mol. The molecule has 0 saturated heterocycles. The predicted molar refractivity (Wildman–Crippen MR) is 65.3 cm³/mol. The molecule has 3 heteroatoms. The van der Waals surface area contributed by atoms with E-state index < -0.39 is 0 Å². The fraction of sp³-hybridized carbons (Fsp3) is 0.462. The molecule has 1 heterocycles. The molecule has 0 aromatic heterocycles. The van der Waals surface area contributed by atoms with Crippen LogP contribution in [0.4, 0.5) is 5.69 Å². The number of rotatable bonds is 2. The van der Waals surface area contributed by atoms with Gasteiger partial charge in [0.15, 0.2) is 0 Å². The third kappa shape index (κ3) is 1.71.